The predicted octanol–water partition coefficient (Wildman–Crippen LogP) is 3.36. The van der Waals surface area contributed by atoms with Gasteiger partial charge in [0.1, 0.15) is 5.69 Å². The van der Waals surface area contributed by atoms with Gasteiger partial charge in [-0.2, -0.15) is 0 Å². The lowest BCUT2D eigenvalue weighted by molar-refractivity contribution is -0.122. The van der Waals surface area contributed by atoms with Crippen LogP contribution in [0, 0.1) is 5.92 Å². The Kier molecular flexibility index (Phi) is 8.52. The average molecular weight is 467 g/mol. The van der Waals surface area contributed by atoms with E-state index in [-0.39, 0.29) is 12.1 Å². The van der Waals surface area contributed by atoms with Gasteiger partial charge in [0, 0.05) is 11.0 Å². The second-order valence-electron chi connectivity index (χ2n) is 7.94. The zero-order valence-electron chi connectivity index (χ0n) is 18.3. The maximum atomic E-state index is 13.0. The number of nitrogens with zero attached hydrogens (tertiary/aromatic N) is 2. The number of primary amides is 1. The van der Waals surface area contributed by atoms with E-state index >= 15 is 0 Å². The molecule has 4 N–H and O–H groups in total. The molecule has 172 valence electrons. The van der Waals surface area contributed by atoms with E-state index in [1.807, 2.05) is 48.5 Å². The third-order valence-electron chi connectivity index (χ3n) is 5.37. The largest absolute Gasteiger partial charge is 0.391 e. The number of aromatic nitrogens is 2. The van der Waals surface area contributed by atoms with E-state index in [0.29, 0.717) is 28.9 Å². The number of rotatable bonds is 10. The summed E-state index contributed by atoms with van der Waals surface area (Å²) in [6.45, 7) is 1.71. The summed E-state index contributed by atoms with van der Waals surface area (Å²) < 4.78 is 0. The Morgan fingerprint density at radius 1 is 1.12 bits per heavy atom. The van der Waals surface area contributed by atoms with Crippen LogP contribution >= 0.6 is 11.6 Å². The molecule has 8 heteroatoms. The summed E-state index contributed by atoms with van der Waals surface area (Å²) in [5.41, 5.74) is 7.90. The molecule has 33 heavy (non-hydrogen) atoms. The predicted molar refractivity (Wildman–Crippen MR) is 128 cm³/mol. The van der Waals surface area contributed by atoms with E-state index < -0.39 is 29.9 Å². The lowest BCUT2D eigenvalue weighted by Gasteiger charge is -2.26. The molecule has 0 aliphatic heterocycles. The number of halogens is 1. The zero-order chi connectivity index (χ0) is 23.8. The fourth-order valence-corrected chi connectivity index (χ4v) is 3.64. The van der Waals surface area contributed by atoms with Crippen LogP contribution in [0.15, 0.2) is 71.9 Å². The number of hydrogen-bond donors (Lipinski definition) is 3. The van der Waals surface area contributed by atoms with E-state index in [2.05, 4.69) is 15.3 Å². The number of nitrogens with one attached hydrogen (secondary N) is 1. The molecule has 0 fully saturated rings. The minimum Gasteiger partial charge on any atom is -0.391 e. The van der Waals surface area contributed by atoms with Gasteiger partial charge in [0.25, 0.3) is 5.91 Å². The highest BCUT2D eigenvalue weighted by Gasteiger charge is 2.27. The molecule has 7 nitrogen and oxygen atoms in total. The minimum atomic E-state index is -1.02. The molecule has 3 rings (SSSR count). The van der Waals surface area contributed by atoms with E-state index in [0.717, 1.165) is 5.56 Å². The molecule has 0 saturated heterocycles. The second-order valence-corrected chi connectivity index (χ2v) is 8.54. The third kappa shape index (κ3) is 7.10. The standard InChI is InChI=1S/C25H27ClN4O3/c1-16(26)11-12-18(24(27)32)14-23(31)21(13-17-7-3-2-4-8-17)30-25(33)22-15-28-19-9-5-6-10-20(19)29-22/h2-11,15,18,21,23,31H,12-14H2,1H3,(H2,27,32)(H,30,33)/t18-,21+,23+/m1/s1. The normalized spacial score (nSPS) is 14.5. The van der Waals surface area contributed by atoms with Crippen molar-refractivity contribution in [3.05, 3.63) is 83.2 Å². The van der Waals surface area contributed by atoms with Crippen molar-refractivity contribution in [1.82, 2.24) is 15.3 Å². The Bertz CT molecular complexity index is 1130. The number of carbonyl (C=O) groups excluding carboxylic acids is 2. The molecule has 0 bridgehead atoms. The van der Waals surface area contributed by atoms with Crippen LogP contribution in [0.25, 0.3) is 11.0 Å². The van der Waals surface area contributed by atoms with E-state index in [9.17, 15) is 14.7 Å². The highest BCUT2D eigenvalue weighted by Crippen LogP contribution is 2.19. The molecule has 0 aliphatic carbocycles. The Labute approximate surface area is 197 Å². The van der Waals surface area contributed by atoms with Gasteiger partial charge in [-0.1, -0.05) is 60.1 Å². The maximum absolute atomic E-state index is 13.0. The molecule has 1 heterocycles. The van der Waals surface area contributed by atoms with Crippen LogP contribution in [0.2, 0.25) is 0 Å². The zero-order valence-corrected chi connectivity index (χ0v) is 19.1. The maximum Gasteiger partial charge on any atom is 0.271 e. The number of hydrogen-bond acceptors (Lipinski definition) is 5. The summed E-state index contributed by atoms with van der Waals surface area (Å²) in [6, 6.07) is 16.1. The molecule has 0 saturated carbocycles. The van der Waals surface area contributed by atoms with Crippen molar-refractivity contribution >= 4 is 34.4 Å². The van der Waals surface area contributed by atoms with Crippen molar-refractivity contribution in [2.24, 2.45) is 11.7 Å². The van der Waals surface area contributed by atoms with E-state index in [1.54, 1.807) is 19.1 Å². The van der Waals surface area contributed by atoms with Gasteiger partial charge in [0.05, 0.1) is 29.4 Å². The average Bonchev–Trinajstić information content (AvgIpc) is 2.81. The Morgan fingerprint density at radius 3 is 2.45 bits per heavy atom. The molecule has 2 aromatic carbocycles. The highest BCUT2D eigenvalue weighted by molar-refractivity contribution is 6.29. The van der Waals surface area contributed by atoms with Gasteiger partial charge >= 0.3 is 0 Å². The van der Waals surface area contributed by atoms with Crippen molar-refractivity contribution in [2.45, 2.75) is 38.3 Å². The number of para-hydroxylation sites is 2. The molecule has 3 aromatic rings. The number of aliphatic hydroxyl groups is 1. The summed E-state index contributed by atoms with van der Waals surface area (Å²) >= 11 is 5.89. The molecular weight excluding hydrogens is 440 g/mol. The molecule has 3 atom stereocenters. The quantitative estimate of drug-likeness (QED) is 0.423. The number of carbonyl (C=O) groups is 2. The third-order valence-corrected chi connectivity index (χ3v) is 5.53. The van der Waals surface area contributed by atoms with Crippen LogP contribution in [-0.2, 0) is 11.2 Å². The minimum absolute atomic E-state index is 0.0805. The van der Waals surface area contributed by atoms with Crippen LogP contribution < -0.4 is 11.1 Å². The van der Waals surface area contributed by atoms with Crippen molar-refractivity contribution in [2.75, 3.05) is 0 Å². The van der Waals surface area contributed by atoms with E-state index in [1.165, 1.54) is 6.20 Å². The fraction of sp³-hybridized carbons (Fsp3) is 0.280. The number of aliphatic hydroxyl groups excluding tert-OH is 1. The van der Waals surface area contributed by atoms with Gasteiger partial charge in [-0.3, -0.25) is 14.6 Å². The van der Waals surface area contributed by atoms with Crippen LogP contribution in [0.3, 0.4) is 0 Å². The van der Waals surface area contributed by atoms with Gasteiger partial charge in [-0.25, -0.2) is 4.98 Å². The first-order valence-electron chi connectivity index (χ1n) is 10.7. The number of allylic oxidation sites excluding steroid dienone is 2. The Hall–Kier alpha value is -3.29. The Balaban J connectivity index is 1.80. The molecule has 2 amide bonds. The molecular formula is C25H27ClN4O3. The van der Waals surface area contributed by atoms with Gasteiger partial charge in [-0.15, -0.1) is 0 Å². The number of amides is 2. The molecule has 0 radical (unpaired) electrons. The molecule has 0 unspecified atom stereocenters. The summed E-state index contributed by atoms with van der Waals surface area (Å²) in [4.78, 5) is 33.6. The first-order chi connectivity index (χ1) is 15.8. The first-order valence-corrected chi connectivity index (χ1v) is 11.1. The fourth-order valence-electron chi connectivity index (χ4n) is 3.55. The summed E-state index contributed by atoms with van der Waals surface area (Å²) in [5.74, 6) is -1.61. The first kappa shape index (κ1) is 24.4. The van der Waals surface area contributed by atoms with Crippen LogP contribution in [0.4, 0.5) is 0 Å². The van der Waals surface area contributed by atoms with Crippen molar-refractivity contribution < 1.29 is 14.7 Å². The van der Waals surface area contributed by atoms with E-state index in [4.69, 9.17) is 17.3 Å². The van der Waals surface area contributed by atoms with Gasteiger partial charge in [0.15, 0.2) is 0 Å². The number of fused-ring (bicyclic) bond motifs is 1. The van der Waals surface area contributed by atoms with Crippen molar-refractivity contribution in [3.63, 3.8) is 0 Å². The van der Waals surface area contributed by atoms with Crippen LogP contribution in [0.5, 0.6) is 0 Å². The Morgan fingerprint density at radius 2 is 1.79 bits per heavy atom. The topological polar surface area (TPSA) is 118 Å². The lowest BCUT2D eigenvalue weighted by atomic mass is 9.91. The summed E-state index contributed by atoms with van der Waals surface area (Å²) in [5, 5.41) is 14.4. The monoisotopic (exact) mass is 466 g/mol. The smallest absolute Gasteiger partial charge is 0.271 e. The summed E-state index contributed by atoms with van der Waals surface area (Å²) in [6.07, 6.45) is 2.83. The molecule has 0 aliphatic rings. The SMILES string of the molecule is CC(Cl)=CC[C@H](C[C@H](O)[C@H](Cc1ccccc1)NC(=O)c1cnc2ccccc2n1)C(N)=O. The number of benzene rings is 2. The van der Waals surface area contributed by atoms with Crippen LogP contribution in [-0.4, -0.2) is 39.0 Å². The van der Waals surface area contributed by atoms with Gasteiger partial charge in [-0.05, 0) is 43.9 Å². The van der Waals surface area contributed by atoms with Crippen molar-refractivity contribution in [1.29, 1.82) is 0 Å². The van der Waals surface area contributed by atoms with Crippen molar-refractivity contribution in [3.8, 4) is 0 Å². The lowest BCUT2D eigenvalue weighted by Crippen LogP contribution is -2.46. The van der Waals surface area contributed by atoms with Gasteiger partial charge < -0.3 is 16.2 Å². The molecule has 0 spiro atoms. The highest BCUT2D eigenvalue weighted by atomic mass is 35.5. The van der Waals surface area contributed by atoms with Gasteiger partial charge in [0.2, 0.25) is 5.91 Å². The number of nitrogens with two attached hydrogens (primary N) is 1. The second kappa shape index (κ2) is 11.5. The van der Waals surface area contributed by atoms with Crippen LogP contribution in [0.1, 0.15) is 35.8 Å². The molecule has 1 aromatic heterocycles. The summed E-state index contributed by atoms with van der Waals surface area (Å²) in [7, 11) is 0.